The maximum absolute atomic E-state index is 15.4. The molecule has 0 saturated carbocycles. The van der Waals surface area contributed by atoms with E-state index in [1.54, 1.807) is 12.1 Å². The van der Waals surface area contributed by atoms with Crippen molar-refractivity contribution in [2.24, 2.45) is 0 Å². The number of methoxy groups -OCH3 is 1. The quantitative estimate of drug-likeness (QED) is 0.206. The molecule has 0 aliphatic heterocycles. The van der Waals surface area contributed by atoms with Gasteiger partial charge in [0.1, 0.15) is 24.0 Å². The first-order valence-corrected chi connectivity index (χ1v) is 16.8. The van der Waals surface area contributed by atoms with E-state index in [0.717, 1.165) is 5.56 Å². The van der Waals surface area contributed by atoms with Crippen LogP contribution in [0.1, 0.15) is 23.8 Å². The molecule has 1 aromatic heterocycles. The zero-order valence-corrected chi connectivity index (χ0v) is 25.1. The Balaban J connectivity index is 1.67. The molecule has 4 aromatic rings. The van der Waals surface area contributed by atoms with Crippen LogP contribution in [-0.2, 0) is 34.0 Å². The lowest BCUT2D eigenvalue weighted by atomic mass is 9.97. The van der Waals surface area contributed by atoms with Crippen LogP contribution in [0.2, 0.25) is 19.6 Å². The molecule has 1 heterocycles. The van der Waals surface area contributed by atoms with E-state index >= 15 is 8.78 Å². The van der Waals surface area contributed by atoms with Crippen LogP contribution in [0, 0.1) is 11.6 Å². The molecule has 0 unspecified atom stereocenters. The second-order valence-corrected chi connectivity index (χ2v) is 15.8. The number of aromatic nitrogens is 1. The minimum atomic E-state index is -2.35. The maximum atomic E-state index is 15.4. The van der Waals surface area contributed by atoms with Crippen molar-refractivity contribution < 1.29 is 32.4 Å². The topological polar surface area (TPSA) is 103 Å². The number of nitrogens with zero attached hydrogens (tertiary/aromatic N) is 1. The zero-order chi connectivity index (χ0) is 30.4. The first-order valence-electron chi connectivity index (χ1n) is 13.3. The number of carbonyl (C=O) groups excluding carboxylic acids is 2. The summed E-state index contributed by atoms with van der Waals surface area (Å²) in [6, 6.07) is 16.8. The molecular weight excluding hydrogens is 560 g/mol. The highest BCUT2D eigenvalue weighted by molar-refractivity contribution is 6.88. The summed E-state index contributed by atoms with van der Waals surface area (Å²) in [5, 5.41) is 9.49. The Kier molecular flexibility index (Phi) is 9.54. The third-order valence-corrected chi connectivity index (χ3v) is 8.33. The standard InChI is InChI=1S/C31H33F2N3O5Si/c1-19(37)34-26-12-11-21(18-39-2)30(29(26)22-13-24(32)31(25(33)14-22)42(3,4)5)35-27(38)15-23-16-28(36-41-23)40-17-20-9-7-6-8-10-20/h6-14,16H,15,17-18H2,1-5H3,(H,34,37)(H,35,38). The Hall–Kier alpha value is -4.35. The largest absolute Gasteiger partial charge is 0.471 e. The van der Waals surface area contributed by atoms with Crippen LogP contribution in [0.4, 0.5) is 20.2 Å². The van der Waals surface area contributed by atoms with Crippen LogP contribution in [0.25, 0.3) is 11.1 Å². The number of hydrogen-bond donors (Lipinski definition) is 2. The number of ether oxygens (including phenoxy) is 2. The number of carbonyl (C=O) groups is 2. The fraction of sp³-hybridized carbons (Fsp3) is 0.258. The molecular formula is C31H33F2N3O5Si. The molecule has 220 valence electrons. The minimum Gasteiger partial charge on any atom is -0.471 e. The molecule has 0 bridgehead atoms. The Morgan fingerprint density at radius 3 is 2.26 bits per heavy atom. The molecule has 8 nitrogen and oxygen atoms in total. The van der Waals surface area contributed by atoms with E-state index in [1.807, 2.05) is 50.0 Å². The molecule has 0 aliphatic rings. The summed E-state index contributed by atoms with van der Waals surface area (Å²) in [7, 11) is -0.866. The third kappa shape index (κ3) is 7.48. The molecule has 0 radical (unpaired) electrons. The van der Waals surface area contributed by atoms with Crippen LogP contribution in [-0.4, -0.2) is 32.2 Å². The van der Waals surface area contributed by atoms with Crippen molar-refractivity contribution in [3.8, 4) is 17.0 Å². The first kappa shape index (κ1) is 30.6. The van der Waals surface area contributed by atoms with Gasteiger partial charge in [-0.05, 0) is 34.5 Å². The molecule has 2 N–H and O–H groups in total. The van der Waals surface area contributed by atoms with Crippen molar-refractivity contribution in [1.82, 2.24) is 5.16 Å². The predicted molar refractivity (Wildman–Crippen MR) is 159 cm³/mol. The summed E-state index contributed by atoms with van der Waals surface area (Å²) in [4.78, 5) is 25.3. The van der Waals surface area contributed by atoms with Gasteiger partial charge in [-0.3, -0.25) is 9.59 Å². The van der Waals surface area contributed by atoms with Gasteiger partial charge in [0.15, 0.2) is 0 Å². The number of rotatable bonds is 11. The van der Waals surface area contributed by atoms with E-state index < -0.39 is 31.5 Å². The summed E-state index contributed by atoms with van der Waals surface area (Å²) in [5.74, 6) is -1.77. The maximum Gasteiger partial charge on any atom is 0.254 e. The SMILES string of the molecule is COCc1ccc(NC(C)=O)c(-c2cc(F)c([Si](C)(C)C)c(F)c2)c1NC(=O)Cc1cc(OCc2ccccc2)no1. The summed E-state index contributed by atoms with van der Waals surface area (Å²) in [6.07, 6.45) is -0.199. The van der Waals surface area contributed by atoms with Crippen molar-refractivity contribution in [1.29, 1.82) is 0 Å². The van der Waals surface area contributed by atoms with E-state index in [2.05, 4.69) is 15.8 Å². The summed E-state index contributed by atoms with van der Waals surface area (Å²) in [5.41, 5.74) is 2.40. The lowest BCUT2D eigenvalue weighted by Crippen LogP contribution is -2.42. The number of hydrogen-bond acceptors (Lipinski definition) is 6. The average molecular weight is 594 g/mol. The predicted octanol–water partition coefficient (Wildman–Crippen LogP) is 6.03. The molecule has 0 atom stereocenters. The van der Waals surface area contributed by atoms with Gasteiger partial charge >= 0.3 is 0 Å². The first-order chi connectivity index (χ1) is 20.0. The number of benzene rings is 3. The van der Waals surface area contributed by atoms with Gasteiger partial charge in [-0.15, -0.1) is 0 Å². The van der Waals surface area contributed by atoms with Gasteiger partial charge in [0.05, 0.1) is 32.5 Å². The Labute approximate surface area is 244 Å². The van der Waals surface area contributed by atoms with Gasteiger partial charge in [-0.25, -0.2) is 8.78 Å². The summed E-state index contributed by atoms with van der Waals surface area (Å²) < 4.78 is 47.0. The molecule has 0 fully saturated rings. The van der Waals surface area contributed by atoms with Gasteiger partial charge in [-0.1, -0.05) is 56.0 Å². The van der Waals surface area contributed by atoms with Crippen LogP contribution < -0.4 is 20.6 Å². The van der Waals surface area contributed by atoms with Crippen molar-refractivity contribution in [2.75, 3.05) is 17.7 Å². The van der Waals surface area contributed by atoms with Crippen molar-refractivity contribution >= 4 is 36.4 Å². The van der Waals surface area contributed by atoms with Crippen LogP contribution in [0.5, 0.6) is 5.88 Å². The third-order valence-electron chi connectivity index (χ3n) is 6.35. The molecule has 11 heteroatoms. The van der Waals surface area contributed by atoms with E-state index in [0.29, 0.717) is 5.56 Å². The zero-order valence-electron chi connectivity index (χ0n) is 24.1. The Morgan fingerprint density at radius 2 is 1.64 bits per heavy atom. The van der Waals surface area contributed by atoms with Crippen LogP contribution in [0.3, 0.4) is 0 Å². The van der Waals surface area contributed by atoms with Gasteiger partial charge in [0.2, 0.25) is 11.8 Å². The smallest absolute Gasteiger partial charge is 0.254 e. The minimum absolute atomic E-state index is 0.0709. The molecule has 4 rings (SSSR count). The number of halogens is 2. The lowest BCUT2D eigenvalue weighted by molar-refractivity contribution is -0.116. The van der Waals surface area contributed by atoms with Gasteiger partial charge in [0.25, 0.3) is 5.88 Å². The summed E-state index contributed by atoms with van der Waals surface area (Å²) >= 11 is 0. The molecule has 0 aliphatic carbocycles. The van der Waals surface area contributed by atoms with Gasteiger partial charge < -0.3 is 24.6 Å². The molecule has 42 heavy (non-hydrogen) atoms. The van der Waals surface area contributed by atoms with E-state index in [9.17, 15) is 9.59 Å². The van der Waals surface area contributed by atoms with Gasteiger partial charge in [0, 0.05) is 36.4 Å². The normalized spacial score (nSPS) is 11.3. The lowest BCUT2D eigenvalue weighted by Gasteiger charge is -2.22. The van der Waals surface area contributed by atoms with Crippen molar-refractivity contribution in [3.05, 3.63) is 89.2 Å². The summed E-state index contributed by atoms with van der Waals surface area (Å²) in [6.45, 7) is 7.24. The average Bonchev–Trinajstić information content (AvgIpc) is 3.35. The Bertz CT molecular complexity index is 1560. The molecule has 0 spiro atoms. The fourth-order valence-corrected chi connectivity index (χ4v) is 6.19. The van der Waals surface area contributed by atoms with Crippen LogP contribution in [0.15, 0.2) is 65.2 Å². The van der Waals surface area contributed by atoms with E-state index in [-0.39, 0.29) is 59.0 Å². The number of nitrogens with one attached hydrogen (secondary N) is 2. The second kappa shape index (κ2) is 13.1. The second-order valence-electron chi connectivity index (χ2n) is 10.8. The Morgan fingerprint density at radius 1 is 0.952 bits per heavy atom. The van der Waals surface area contributed by atoms with Crippen molar-refractivity contribution in [3.63, 3.8) is 0 Å². The van der Waals surface area contributed by atoms with Gasteiger partial charge in [-0.2, -0.15) is 0 Å². The van der Waals surface area contributed by atoms with Crippen LogP contribution >= 0.6 is 0 Å². The number of anilines is 2. The number of amides is 2. The van der Waals surface area contributed by atoms with E-state index in [4.69, 9.17) is 14.0 Å². The molecule has 2 amide bonds. The highest BCUT2D eigenvalue weighted by Gasteiger charge is 2.28. The molecule has 0 saturated heterocycles. The highest BCUT2D eigenvalue weighted by Crippen LogP contribution is 2.39. The van der Waals surface area contributed by atoms with Crippen molar-refractivity contribution in [2.45, 2.75) is 46.2 Å². The highest BCUT2D eigenvalue weighted by atomic mass is 28.3. The van der Waals surface area contributed by atoms with E-state index in [1.165, 1.54) is 32.2 Å². The fourth-order valence-electron chi connectivity index (χ4n) is 4.61. The molecule has 3 aromatic carbocycles. The monoisotopic (exact) mass is 593 g/mol.